The average Bonchev–Trinajstić information content (AvgIpc) is 3.25. The van der Waals surface area contributed by atoms with Crippen molar-refractivity contribution in [2.45, 2.75) is 38.4 Å². The summed E-state index contributed by atoms with van der Waals surface area (Å²) in [6.07, 6.45) is -1.62. The Balaban J connectivity index is 1.38. The molecule has 4 nitrogen and oxygen atoms in total. The third kappa shape index (κ3) is 6.06. The molecule has 0 saturated carbocycles. The van der Waals surface area contributed by atoms with E-state index in [-0.39, 0.29) is 18.4 Å². The molecule has 3 rings (SSSR count). The maximum atomic E-state index is 12.7. The lowest BCUT2D eigenvalue weighted by Crippen LogP contribution is -2.38. The molecule has 8 heteroatoms. The minimum absolute atomic E-state index is 0.0588. The molecular weight excluding hydrogens is 401 g/mol. The lowest BCUT2D eigenvalue weighted by Gasteiger charge is -2.31. The number of rotatable bonds is 6. The van der Waals surface area contributed by atoms with Crippen LogP contribution in [0.15, 0.2) is 41.1 Å². The van der Waals surface area contributed by atoms with Crippen LogP contribution in [-0.4, -0.2) is 29.8 Å². The first-order chi connectivity index (χ1) is 13.8. The van der Waals surface area contributed by atoms with Gasteiger partial charge in [-0.3, -0.25) is 9.59 Å². The number of halogens is 3. The zero-order valence-electron chi connectivity index (χ0n) is 15.9. The second-order valence-electron chi connectivity index (χ2n) is 7.26. The number of carbonyl (C=O) groups is 2. The molecule has 1 aromatic carbocycles. The Morgan fingerprint density at radius 3 is 2.59 bits per heavy atom. The second-order valence-corrected chi connectivity index (χ2v) is 8.04. The van der Waals surface area contributed by atoms with E-state index in [9.17, 15) is 22.8 Å². The lowest BCUT2D eigenvalue weighted by atomic mass is 9.92. The summed E-state index contributed by atoms with van der Waals surface area (Å²) >= 11 is 1.50. The van der Waals surface area contributed by atoms with Crippen LogP contribution in [0.1, 0.15) is 47.2 Å². The number of piperidine rings is 1. The van der Waals surface area contributed by atoms with Crippen LogP contribution in [0.25, 0.3) is 0 Å². The van der Waals surface area contributed by atoms with Gasteiger partial charge in [0.05, 0.1) is 11.1 Å². The fourth-order valence-corrected chi connectivity index (χ4v) is 4.11. The second kappa shape index (κ2) is 9.43. The van der Waals surface area contributed by atoms with Crippen molar-refractivity contribution in [3.8, 4) is 0 Å². The van der Waals surface area contributed by atoms with E-state index in [1.165, 1.54) is 17.4 Å². The summed E-state index contributed by atoms with van der Waals surface area (Å²) in [6.45, 7) is 1.45. The van der Waals surface area contributed by atoms with E-state index >= 15 is 0 Å². The zero-order valence-corrected chi connectivity index (χ0v) is 16.7. The predicted molar refractivity (Wildman–Crippen MR) is 105 cm³/mol. The minimum Gasteiger partial charge on any atom is -0.352 e. The molecule has 0 radical (unpaired) electrons. The molecule has 1 fully saturated rings. The number of carbonyl (C=O) groups excluding carboxylic acids is 2. The first-order valence-electron chi connectivity index (χ1n) is 9.57. The number of alkyl halides is 3. The smallest absolute Gasteiger partial charge is 0.352 e. The summed E-state index contributed by atoms with van der Waals surface area (Å²) in [5, 5.41) is 6.43. The highest BCUT2D eigenvalue weighted by molar-refractivity contribution is 7.08. The molecule has 0 bridgehead atoms. The molecule has 2 amide bonds. The van der Waals surface area contributed by atoms with Gasteiger partial charge < -0.3 is 10.2 Å². The van der Waals surface area contributed by atoms with Crippen molar-refractivity contribution >= 4 is 23.2 Å². The van der Waals surface area contributed by atoms with E-state index in [4.69, 9.17) is 0 Å². The molecule has 0 unspecified atom stereocenters. The Morgan fingerprint density at radius 2 is 1.93 bits per heavy atom. The molecule has 1 aromatic heterocycles. The van der Waals surface area contributed by atoms with Gasteiger partial charge in [0.1, 0.15) is 0 Å². The number of hydrogen-bond donors (Lipinski definition) is 1. The van der Waals surface area contributed by atoms with Crippen molar-refractivity contribution in [1.82, 2.24) is 10.2 Å². The molecule has 1 saturated heterocycles. The first kappa shape index (κ1) is 21.4. The molecule has 2 aromatic rings. The highest BCUT2D eigenvalue weighted by Crippen LogP contribution is 2.29. The van der Waals surface area contributed by atoms with Crippen molar-refractivity contribution in [3.63, 3.8) is 0 Å². The number of nitrogens with one attached hydrogen (secondary N) is 1. The predicted octanol–water partition coefficient (Wildman–Crippen LogP) is 4.72. The van der Waals surface area contributed by atoms with Crippen LogP contribution in [0.2, 0.25) is 0 Å². The third-order valence-corrected chi connectivity index (χ3v) is 5.88. The van der Waals surface area contributed by atoms with Gasteiger partial charge in [-0.1, -0.05) is 12.1 Å². The summed E-state index contributed by atoms with van der Waals surface area (Å²) in [7, 11) is 0. The summed E-state index contributed by atoms with van der Waals surface area (Å²) in [5.41, 5.74) is 0.434. The van der Waals surface area contributed by atoms with Crippen LogP contribution in [0, 0.1) is 5.92 Å². The summed E-state index contributed by atoms with van der Waals surface area (Å²) in [5.74, 6) is 0.267. The van der Waals surface area contributed by atoms with Crippen molar-refractivity contribution < 1.29 is 22.8 Å². The van der Waals surface area contributed by atoms with Gasteiger partial charge in [-0.25, -0.2) is 0 Å². The van der Waals surface area contributed by atoms with Gasteiger partial charge in [0.25, 0.3) is 5.91 Å². The first-order valence-corrected chi connectivity index (χ1v) is 10.5. The van der Waals surface area contributed by atoms with Gasteiger partial charge in [0.15, 0.2) is 0 Å². The monoisotopic (exact) mass is 424 g/mol. The Morgan fingerprint density at radius 1 is 1.17 bits per heavy atom. The summed E-state index contributed by atoms with van der Waals surface area (Å²) in [4.78, 5) is 26.3. The van der Waals surface area contributed by atoms with Crippen molar-refractivity contribution in [2.24, 2.45) is 5.92 Å². The molecule has 0 aliphatic carbocycles. The van der Waals surface area contributed by atoms with Crippen LogP contribution < -0.4 is 5.32 Å². The van der Waals surface area contributed by atoms with Crippen LogP contribution in [0.4, 0.5) is 13.2 Å². The molecule has 1 aliphatic rings. The molecule has 1 N–H and O–H groups in total. The van der Waals surface area contributed by atoms with Crippen molar-refractivity contribution in [1.29, 1.82) is 0 Å². The van der Waals surface area contributed by atoms with Gasteiger partial charge in [-0.15, -0.1) is 0 Å². The molecule has 29 heavy (non-hydrogen) atoms. The zero-order chi connectivity index (χ0) is 20.9. The molecule has 1 aliphatic heterocycles. The molecular formula is C21H23F3N2O2S. The fourth-order valence-electron chi connectivity index (χ4n) is 3.48. The number of thiophene rings is 1. The third-order valence-electron chi connectivity index (χ3n) is 5.19. The fraction of sp³-hybridized carbons (Fsp3) is 0.429. The van der Waals surface area contributed by atoms with E-state index in [1.807, 2.05) is 21.7 Å². The van der Waals surface area contributed by atoms with Gasteiger partial charge in [0, 0.05) is 31.4 Å². The molecule has 0 atom stereocenters. The topological polar surface area (TPSA) is 49.4 Å². The number of likely N-dealkylation sites (tertiary alicyclic amines) is 1. The van der Waals surface area contributed by atoms with Gasteiger partial charge >= 0.3 is 6.18 Å². The van der Waals surface area contributed by atoms with E-state index < -0.39 is 11.7 Å². The Hall–Kier alpha value is -2.35. The highest BCUT2D eigenvalue weighted by atomic mass is 32.1. The van der Waals surface area contributed by atoms with E-state index in [1.54, 1.807) is 6.07 Å². The van der Waals surface area contributed by atoms with Crippen LogP contribution in [0.5, 0.6) is 0 Å². The van der Waals surface area contributed by atoms with E-state index in [0.717, 1.165) is 37.0 Å². The minimum atomic E-state index is -4.39. The average molecular weight is 424 g/mol. The largest absolute Gasteiger partial charge is 0.416 e. The molecule has 0 spiro atoms. The van der Waals surface area contributed by atoms with Crippen LogP contribution in [0.3, 0.4) is 0 Å². The van der Waals surface area contributed by atoms with Gasteiger partial charge in [0.2, 0.25) is 5.91 Å². The van der Waals surface area contributed by atoms with E-state index in [0.29, 0.717) is 31.0 Å². The standard InChI is InChI=1S/C21H23F3N2O2S/c22-21(23,24)18-3-1-2-16(12-18)13-25-19(27)5-4-15-6-9-26(10-7-15)20(28)17-8-11-29-14-17/h1-3,8,11-12,14-15H,4-7,9-10,13H2,(H,25,27). The van der Waals surface area contributed by atoms with Crippen LogP contribution >= 0.6 is 11.3 Å². The van der Waals surface area contributed by atoms with Crippen molar-refractivity contribution in [3.05, 3.63) is 57.8 Å². The van der Waals surface area contributed by atoms with E-state index in [2.05, 4.69) is 5.32 Å². The normalized spacial score (nSPS) is 15.3. The maximum Gasteiger partial charge on any atom is 0.416 e. The number of hydrogen-bond acceptors (Lipinski definition) is 3. The Kier molecular flexibility index (Phi) is 6.95. The summed E-state index contributed by atoms with van der Waals surface area (Å²) < 4.78 is 38.2. The quantitative estimate of drug-likeness (QED) is 0.730. The van der Waals surface area contributed by atoms with Gasteiger partial charge in [-0.05, 0) is 54.3 Å². The van der Waals surface area contributed by atoms with Crippen LogP contribution in [-0.2, 0) is 17.5 Å². The Bertz CT molecular complexity index is 829. The molecule has 2 heterocycles. The number of amides is 2. The number of benzene rings is 1. The summed E-state index contributed by atoms with van der Waals surface area (Å²) in [6, 6.07) is 6.81. The van der Waals surface area contributed by atoms with Gasteiger partial charge in [-0.2, -0.15) is 24.5 Å². The Labute approximate surface area is 171 Å². The SMILES string of the molecule is O=C(CCC1CCN(C(=O)c2ccsc2)CC1)NCc1cccc(C(F)(F)F)c1. The maximum absolute atomic E-state index is 12.7. The lowest BCUT2D eigenvalue weighted by molar-refractivity contribution is -0.137. The van der Waals surface area contributed by atoms with Crippen molar-refractivity contribution in [2.75, 3.05) is 13.1 Å². The highest BCUT2D eigenvalue weighted by Gasteiger charge is 2.30. The molecule has 156 valence electrons. The number of nitrogens with zero attached hydrogens (tertiary/aromatic N) is 1.